The minimum atomic E-state index is 0.140. The normalized spacial score (nSPS) is 15.1. The van der Waals surface area contributed by atoms with Crippen molar-refractivity contribution in [3.8, 4) is 0 Å². The molecule has 6 heteroatoms. The van der Waals surface area contributed by atoms with E-state index in [4.69, 9.17) is 28.2 Å². The lowest BCUT2D eigenvalue weighted by atomic mass is 9.89. The summed E-state index contributed by atoms with van der Waals surface area (Å²) in [5.74, 6) is 1.13. The third kappa shape index (κ3) is 4.18. The van der Waals surface area contributed by atoms with Crippen molar-refractivity contribution in [2.24, 2.45) is 5.92 Å². The van der Waals surface area contributed by atoms with E-state index >= 15 is 0 Å². The molecular weight excluding hydrogens is 393 g/mol. The number of amides is 1. The Kier molecular flexibility index (Phi) is 5.88. The predicted octanol–water partition coefficient (Wildman–Crippen LogP) is 5.59. The Labute approximate surface area is 174 Å². The first-order chi connectivity index (χ1) is 13.6. The molecule has 146 valence electrons. The fourth-order valence-corrected chi connectivity index (χ4v) is 4.25. The first-order valence-electron chi connectivity index (χ1n) is 9.77. The third-order valence-electron chi connectivity index (χ3n) is 5.46. The molecule has 1 N–H and O–H groups in total. The predicted molar refractivity (Wildman–Crippen MR) is 114 cm³/mol. The molecule has 4 rings (SSSR count). The average Bonchev–Trinajstić information content (AvgIpc) is 3.07. The van der Waals surface area contributed by atoms with Gasteiger partial charge in [-0.2, -0.15) is 0 Å². The molecule has 0 aliphatic heterocycles. The van der Waals surface area contributed by atoms with Gasteiger partial charge in [0.25, 0.3) is 0 Å². The Balaban J connectivity index is 1.57. The van der Waals surface area contributed by atoms with Crippen LogP contribution in [0.15, 0.2) is 42.5 Å². The van der Waals surface area contributed by atoms with Crippen LogP contribution in [0.1, 0.15) is 43.5 Å². The molecule has 0 radical (unpaired) electrons. The van der Waals surface area contributed by atoms with Crippen molar-refractivity contribution in [3.63, 3.8) is 0 Å². The van der Waals surface area contributed by atoms with Gasteiger partial charge in [0.05, 0.1) is 27.6 Å². The molecule has 3 aromatic rings. The SMILES string of the molecule is O=C(NCc1nc2ccccc2n1Cc1ccc(Cl)c(Cl)c1)C1CCCCC1. The summed E-state index contributed by atoms with van der Waals surface area (Å²) in [4.78, 5) is 17.3. The Morgan fingerprint density at radius 2 is 1.86 bits per heavy atom. The number of halogens is 2. The number of aromatic nitrogens is 2. The van der Waals surface area contributed by atoms with E-state index in [1.165, 1.54) is 6.42 Å². The zero-order chi connectivity index (χ0) is 19.5. The van der Waals surface area contributed by atoms with Gasteiger partial charge >= 0.3 is 0 Å². The molecular formula is C22H23Cl2N3O. The summed E-state index contributed by atoms with van der Waals surface area (Å²) in [5.41, 5.74) is 3.00. The fourth-order valence-electron chi connectivity index (χ4n) is 3.93. The van der Waals surface area contributed by atoms with E-state index in [-0.39, 0.29) is 11.8 Å². The van der Waals surface area contributed by atoms with Gasteiger partial charge in [0.1, 0.15) is 5.82 Å². The molecule has 1 saturated carbocycles. The number of nitrogens with one attached hydrogen (secondary N) is 1. The Bertz CT molecular complexity index is 993. The van der Waals surface area contributed by atoms with E-state index in [0.29, 0.717) is 23.1 Å². The number of para-hydroxylation sites is 2. The molecule has 2 aromatic carbocycles. The van der Waals surface area contributed by atoms with Crippen LogP contribution in [0.3, 0.4) is 0 Å². The highest BCUT2D eigenvalue weighted by molar-refractivity contribution is 6.42. The third-order valence-corrected chi connectivity index (χ3v) is 6.19. The molecule has 1 aliphatic carbocycles. The lowest BCUT2D eigenvalue weighted by molar-refractivity contribution is -0.126. The maximum absolute atomic E-state index is 12.6. The van der Waals surface area contributed by atoms with Gasteiger partial charge in [0.15, 0.2) is 0 Å². The first-order valence-corrected chi connectivity index (χ1v) is 10.5. The summed E-state index contributed by atoms with van der Waals surface area (Å²) >= 11 is 12.2. The second-order valence-corrected chi connectivity index (χ2v) is 8.22. The van der Waals surface area contributed by atoms with Crippen molar-refractivity contribution in [3.05, 3.63) is 63.9 Å². The van der Waals surface area contributed by atoms with Gasteiger partial charge in [-0.3, -0.25) is 4.79 Å². The van der Waals surface area contributed by atoms with Crippen molar-refractivity contribution in [2.75, 3.05) is 0 Å². The van der Waals surface area contributed by atoms with Gasteiger partial charge in [0.2, 0.25) is 5.91 Å². The lowest BCUT2D eigenvalue weighted by Gasteiger charge is -2.20. The van der Waals surface area contributed by atoms with Crippen molar-refractivity contribution >= 4 is 40.1 Å². The summed E-state index contributed by atoms with van der Waals surface area (Å²) in [7, 11) is 0. The zero-order valence-corrected chi connectivity index (χ0v) is 17.1. The number of carbonyl (C=O) groups is 1. The largest absolute Gasteiger partial charge is 0.349 e. The van der Waals surface area contributed by atoms with Gasteiger partial charge in [-0.1, -0.05) is 60.7 Å². The quantitative estimate of drug-likeness (QED) is 0.590. The van der Waals surface area contributed by atoms with Crippen LogP contribution in [0.5, 0.6) is 0 Å². The van der Waals surface area contributed by atoms with Crippen LogP contribution in [0, 0.1) is 5.92 Å². The van der Waals surface area contributed by atoms with Crippen molar-refractivity contribution in [1.82, 2.24) is 14.9 Å². The highest BCUT2D eigenvalue weighted by atomic mass is 35.5. The van der Waals surface area contributed by atoms with E-state index in [1.54, 1.807) is 0 Å². The molecule has 0 saturated heterocycles. The number of benzene rings is 2. The van der Waals surface area contributed by atoms with Gasteiger partial charge in [0, 0.05) is 12.5 Å². The topological polar surface area (TPSA) is 46.9 Å². The van der Waals surface area contributed by atoms with Crippen LogP contribution in [0.4, 0.5) is 0 Å². The molecule has 0 atom stereocenters. The minimum absolute atomic E-state index is 0.140. The second kappa shape index (κ2) is 8.54. The molecule has 0 spiro atoms. The molecule has 1 heterocycles. The lowest BCUT2D eigenvalue weighted by Crippen LogP contribution is -2.32. The van der Waals surface area contributed by atoms with E-state index in [9.17, 15) is 4.79 Å². The minimum Gasteiger partial charge on any atom is -0.349 e. The molecule has 1 aliphatic rings. The maximum atomic E-state index is 12.6. The number of hydrogen-bond acceptors (Lipinski definition) is 2. The van der Waals surface area contributed by atoms with Gasteiger partial charge in [-0.15, -0.1) is 0 Å². The van der Waals surface area contributed by atoms with Crippen LogP contribution in [0.2, 0.25) is 10.0 Å². The van der Waals surface area contributed by atoms with E-state index in [1.807, 2.05) is 42.5 Å². The van der Waals surface area contributed by atoms with Crippen molar-refractivity contribution in [1.29, 1.82) is 0 Å². The van der Waals surface area contributed by atoms with Gasteiger partial charge in [-0.25, -0.2) is 4.98 Å². The number of fused-ring (bicyclic) bond motifs is 1. The smallest absolute Gasteiger partial charge is 0.223 e. The summed E-state index contributed by atoms with van der Waals surface area (Å²) in [6.45, 7) is 1.04. The number of nitrogens with zero attached hydrogens (tertiary/aromatic N) is 2. The number of imidazole rings is 1. The van der Waals surface area contributed by atoms with Crippen molar-refractivity contribution < 1.29 is 4.79 Å². The molecule has 1 amide bonds. The molecule has 1 aromatic heterocycles. The van der Waals surface area contributed by atoms with E-state index < -0.39 is 0 Å². The van der Waals surface area contributed by atoms with Crippen LogP contribution >= 0.6 is 23.2 Å². The Morgan fingerprint density at radius 3 is 2.64 bits per heavy atom. The molecule has 1 fully saturated rings. The number of carbonyl (C=O) groups excluding carboxylic acids is 1. The standard InChI is InChI=1S/C22H23Cl2N3O/c23-17-11-10-15(12-18(17)24)14-27-20-9-5-4-8-19(20)26-21(27)13-25-22(28)16-6-2-1-3-7-16/h4-5,8-12,16H,1-3,6-7,13-14H2,(H,25,28). The summed E-state index contributed by atoms with van der Waals surface area (Å²) in [6.07, 6.45) is 5.52. The van der Waals surface area contributed by atoms with Crippen LogP contribution in [0.25, 0.3) is 11.0 Å². The van der Waals surface area contributed by atoms with Crippen LogP contribution in [-0.2, 0) is 17.9 Å². The molecule has 4 nitrogen and oxygen atoms in total. The van der Waals surface area contributed by atoms with Crippen LogP contribution < -0.4 is 5.32 Å². The van der Waals surface area contributed by atoms with E-state index in [2.05, 4.69) is 9.88 Å². The van der Waals surface area contributed by atoms with Crippen molar-refractivity contribution in [2.45, 2.75) is 45.2 Å². The maximum Gasteiger partial charge on any atom is 0.223 e. The first kappa shape index (κ1) is 19.3. The molecule has 0 unspecified atom stereocenters. The van der Waals surface area contributed by atoms with Gasteiger partial charge in [-0.05, 0) is 42.7 Å². The summed E-state index contributed by atoms with van der Waals surface area (Å²) < 4.78 is 2.13. The van der Waals surface area contributed by atoms with E-state index in [0.717, 1.165) is 48.1 Å². The molecule has 28 heavy (non-hydrogen) atoms. The highest BCUT2D eigenvalue weighted by Crippen LogP contribution is 2.26. The number of rotatable bonds is 5. The monoisotopic (exact) mass is 415 g/mol. The number of hydrogen-bond donors (Lipinski definition) is 1. The highest BCUT2D eigenvalue weighted by Gasteiger charge is 2.21. The zero-order valence-electron chi connectivity index (χ0n) is 15.6. The average molecular weight is 416 g/mol. The Hall–Kier alpha value is -2.04. The molecule has 0 bridgehead atoms. The fraction of sp³-hybridized carbons (Fsp3) is 0.364. The van der Waals surface area contributed by atoms with Gasteiger partial charge < -0.3 is 9.88 Å². The summed E-state index contributed by atoms with van der Waals surface area (Å²) in [5, 5.41) is 4.19. The van der Waals surface area contributed by atoms with Crippen LogP contribution in [-0.4, -0.2) is 15.5 Å². The summed E-state index contributed by atoms with van der Waals surface area (Å²) in [6, 6.07) is 13.7. The Morgan fingerprint density at radius 1 is 1.07 bits per heavy atom. The second-order valence-electron chi connectivity index (χ2n) is 7.40.